The van der Waals surface area contributed by atoms with Gasteiger partial charge in [-0.05, 0) is 46.1 Å². The van der Waals surface area contributed by atoms with Gasteiger partial charge in [0.25, 0.3) is 0 Å². The van der Waals surface area contributed by atoms with Crippen molar-refractivity contribution in [2.75, 3.05) is 12.9 Å². The molecule has 0 atom stereocenters. The van der Waals surface area contributed by atoms with Gasteiger partial charge in [0.15, 0.2) is 10.9 Å². The van der Waals surface area contributed by atoms with E-state index in [-0.39, 0.29) is 11.8 Å². The molecule has 0 spiro atoms. The molecule has 0 N–H and O–H groups in total. The third-order valence-corrected chi connectivity index (χ3v) is 5.89. The van der Waals surface area contributed by atoms with Gasteiger partial charge in [-0.25, -0.2) is 0 Å². The minimum absolute atomic E-state index is 0.0929. The summed E-state index contributed by atoms with van der Waals surface area (Å²) in [6.07, 6.45) is 3.39. The normalized spacial score (nSPS) is 13.8. The van der Waals surface area contributed by atoms with Gasteiger partial charge in [0.1, 0.15) is 5.82 Å². The molecule has 0 saturated heterocycles. The molecule has 1 fully saturated rings. The Bertz CT molecular complexity index is 852. The SMILES string of the molecule is COC(=O)CCCn1c(C)cc(C(=O)CSc2nnc(C)n2C2CC2)c1C. The van der Waals surface area contributed by atoms with Gasteiger partial charge in [-0.1, -0.05) is 11.8 Å². The second kappa shape index (κ2) is 8.29. The first-order valence-electron chi connectivity index (χ1n) is 9.23. The smallest absolute Gasteiger partial charge is 0.305 e. The lowest BCUT2D eigenvalue weighted by atomic mass is 10.2. The van der Waals surface area contributed by atoms with Gasteiger partial charge in [0.2, 0.25) is 0 Å². The van der Waals surface area contributed by atoms with Crippen molar-refractivity contribution < 1.29 is 14.3 Å². The first-order valence-corrected chi connectivity index (χ1v) is 10.2. The largest absolute Gasteiger partial charge is 0.469 e. The molecule has 0 aromatic carbocycles. The van der Waals surface area contributed by atoms with Crippen LogP contribution in [0.15, 0.2) is 11.2 Å². The fourth-order valence-electron chi connectivity index (χ4n) is 3.32. The molecule has 0 amide bonds. The second-order valence-corrected chi connectivity index (χ2v) is 7.90. The standard InChI is InChI=1S/C19H26N4O3S/c1-12-10-16(13(2)22(12)9-5-6-18(25)26-4)17(24)11-27-19-21-20-14(3)23(19)15-7-8-15/h10,15H,5-9,11H2,1-4H3. The molecular weight excluding hydrogens is 364 g/mol. The molecule has 1 aliphatic rings. The van der Waals surface area contributed by atoms with Crippen LogP contribution < -0.4 is 0 Å². The minimum Gasteiger partial charge on any atom is -0.469 e. The van der Waals surface area contributed by atoms with Gasteiger partial charge in [0.05, 0.1) is 12.9 Å². The van der Waals surface area contributed by atoms with Gasteiger partial charge in [0, 0.05) is 36.0 Å². The monoisotopic (exact) mass is 390 g/mol. The molecule has 7 nitrogen and oxygen atoms in total. The van der Waals surface area contributed by atoms with Gasteiger partial charge >= 0.3 is 5.97 Å². The lowest BCUT2D eigenvalue weighted by molar-refractivity contribution is -0.140. The number of aromatic nitrogens is 4. The molecule has 0 aliphatic heterocycles. The van der Waals surface area contributed by atoms with Crippen molar-refractivity contribution in [1.29, 1.82) is 0 Å². The highest BCUT2D eigenvalue weighted by Gasteiger charge is 2.28. The molecule has 0 bridgehead atoms. The molecule has 1 aliphatic carbocycles. The van der Waals surface area contributed by atoms with Gasteiger partial charge in [-0.2, -0.15) is 0 Å². The Labute approximate surface area is 163 Å². The molecule has 3 rings (SSSR count). The summed E-state index contributed by atoms with van der Waals surface area (Å²) in [5, 5.41) is 9.21. The van der Waals surface area contributed by atoms with E-state index in [0.717, 1.165) is 40.8 Å². The first-order chi connectivity index (χ1) is 12.9. The van der Waals surface area contributed by atoms with Crippen molar-refractivity contribution in [1.82, 2.24) is 19.3 Å². The molecule has 2 aromatic rings. The van der Waals surface area contributed by atoms with E-state index in [1.54, 1.807) is 0 Å². The third kappa shape index (κ3) is 4.43. The number of hydrogen-bond donors (Lipinski definition) is 0. The average molecular weight is 391 g/mol. The van der Waals surface area contributed by atoms with Gasteiger partial charge in [-0.15, -0.1) is 10.2 Å². The Balaban J connectivity index is 1.63. The molecule has 0 radical (unpaired) electrons. The number of carbonyl (C=O) groups excluding carboxylic acids is 2. The summed E-state index contributed by atoms with van der Waals surface area (Å²) in [5.74, 6) is 1.14. The number of Topliss-reactive ketones (excluding diaryl/α,β-unsaturated/α-hetero) is 1. The molecule has 27 heavy (non-hydrogen) atoms. The van der Waals surface area contributed by atoms with E-state index in [0.29, 0.717) is 31.2 Å². The zero-order chi connectivity index (χ0) is 19.6. The summed E-state index contributed by atoms with van der Waals surface area (Å²) < 4.78 is 8.92. The number of rotatable bonds is 9. The molecule has 2 aromatic heterocycles. The maximum atomic E-state index is 12.8. The van der Waals surface area contributed by atoms with Crippen LogP contribution >= 0.6 is 11.8 Å². The van der Waals surface area contributed by atoms with Gasteiger partial charge in [-0.3, -0.25) is 9.59 Å². The summed E-state index contributed by atoms with van der Waals surface area (Å²) in [5.41, 5.74) is 2.72. The fourth-order valence-corrected chi connectivity index (χ4v) is 4.25. The molecule has 2 heterocycles. The summed E-state index contributed by atoms with van der Waals surface area (Å²) in [4.78, 5) is 24.1. The van der Waals surface area contributed by atoms with E-state index in [1.807, 2.05) is 26.8 Å². The number of methoxy groups -OCH3 is 1. The number of nitrogens with zero attached hydrogens (tertiary/aromatic N) is 4. The average Bonchev–Trinajstić information content (AvgIpc) is 3.36. The van der Waals surface area contributed by atoms with Crippen LogP contribution in [0, 0.1) is 20.8 Å². The minimum atomic E-state index is -0.208. The predicted molar refractivity (Wildman–Crippen MR) is 103 cm³/mol. The Hall–Kier alpha value is -2.09. The maximum absolute atomic E-state index is 12.8. The molecule has 1 saturated carbocycles. The van der Waals surface area contributed by atoms with E-state index in [9.17, 15) is 9.59 Å². The van der Waals surface area contributed by atoms with E-state index < -0.39 is 0 Å². The lowest BCUT2D eigenvalue weighted by Gasteiger charge is -2.09. The van der Waals surface area contributed by atoms with E-state index in [4.69, 9.17) is 0 Å². The topological polar surface area (TPSA) is 79.0 Å². The summed E-state index contributed by atoms with van der Waals surface area (Å²) in [6.45, 7) is 6.60. The van der Waals surface area contributed by atoms with Crippen LogP contribution in [0.25, 0.3) is 0 Å². The molecule has 146 valence electrons. The highest BCUT2D eigenvalue weighted by Crippen LogP contribution is 2.38. The first kappa shape index (κ1) is 19.7. The predicted octanol–water partition coefficient (Wildman–Crippen LogP) is 3.27. The maximum Gasteiger partial charge on any atom is 0.305 e. The van der Waals surface area contributed by atoms with Crippen molar-refractivity contribution in [3.8, 4) is 0 Å². The zero-order valence-corrected chi connectivity index (χ0v) is 17.1. The molecular formula is C19H26N4O3S. The van der Waals surface area contributed by atoms with Crippen LogP contribution in [0.5, 0.6) is 0 Å². The van der Waals surface area contributed by atoms with Crippen molar-refractivity contribution in [2.24, 2.45) is 0 Å². The Morgan fingerprint density at radius 1 is 1.26 bits per heavy atom. The van der Waals surface area contributed by atoms with Crippen LogP contribution in [0.3, 0.4) is 0 Å². The lowest BCUT2D eigenvalue weighted by Crippen LogP contribution is -2.09. The van der Waals surface area contributed by atoms with Crippen molar-refractivity contribution in [3.05, 3.63) is 28.8 Å². The van der Waals surface area contributed by atoms with Crippen molar-refractivity contribution in [2.45, 2.75) is 64.2 Å². The number of thioether (sulfide) groups is 1. The quantitative estimate of drug-likeness (QED) is 0.371. The number of esters is 1. The van der Waals surface area contributed by atoms with Crippen LogP contribution in [0.1, 0.15) is 59.3 Å². The van der Waals surface area contributed by atoms with Crippen molar-refractivity contribution >= 4 is 23.5 Å². The Morgan fingerprint density at radius 3 is 2.67 bits per heavy atom. The molecule has 8 heteroatoms. The van der Waals surface area contributed by atoms with Crippen LogP contribution in [0.4, 0.5) is 0 Å². The molecule has 0 unspecified atom stereocenters. The summed E-state index contributed by atoms with van der Waals surface area (Å²) in [6, 6.07) is 2.44. The number of ether oxygens (including phenoxy) is 1. The van der Waals surface area contributed by atoms with Crippen LogP contribution in [-0.4, -0.2) is 43.9 Å². The number of aryl methyl sites for hydroxylation is 2. The fraction of sp³-hybridized carbons (Fsp3) is 0.579. The van der Waals surface area contributed by atoms with Crippen LogP contribution in [0.2, 0.25) is 0 Å². The third-order valence-electron chi connectivity index (χ3n) is 4.94. The Kier molecular flexibility index (Phi) is 6.04. The van der Waals surface area contributed by atoms with E-state index >= 15 is 0 Å². The second-order valence-electron chi connectivity index (χ2n) is 6.96. The summed E-state index contributed by atoms with van der Waals surface area (Å²) >= 11 is 1.46. The zero-order valence-electron chi connectivity index (χ0n) is 16.3. The van der Waals surface area contributed by atoms with Crippen molar-refractivity contribution in [3.63, 3.8) is 0 Å². The Morgan fingerprint density at radius 2 is 2.00 bits per heavy atom. The van der Waals surface area contributed by atoms with Gasteiger partial charge < -0.3 is 13.9 Å². The van der Waals surface area contributed by atoms with E-state index in [1.165, 1.54) is 18.9 Å². The summed E-state index contributed by atoms with van der Waals surface area (Å²) in [7, 11) is 1.40. The number of carbonyl (C=O) groups is 2. The number of ketones is 1. The number of hydrogen-bond acceptors (Lipinski definition) is 6. The van der Waals surface area contributed by atoms with E-state index in [2.05, 4.69) is 24.1 Å². The highest BCUT2D eigenvalue weighted by molar-refractivity contribution is 7.99. The van der Waals surface area contributed by atoms with Crippen LogP contribution in [-0.2, 0) is 16.1 Å². The highest BCUT2D eigenvalue weighted by atomic mass is 32.2.